The van der Waals surface area contributed by atoms with E-state index in [1.165, 1.54) is 17.4 Å². The fourth-order valence-electron chi connectivity index (χ4n) is 3.66. The van der Waals surface area contributed by atoms with Gasteiger partial charge in [0, 0.05) is 22.2 Å². The molecule has 8 heteroatoms. The summed E-state index contributed by atoms with van der Waals surface area (Å²) >= 11 is 1.27. The zero-order valence-electron chi connectivity index (χ0n) is 20.1. The first-order valence-corrected chi connectivity index (χ1v) is 12.1. The van der Waals surface area contributed by atoms with Gasteiger partial charge in [-0.1, -0.05) is 48.5 Å². The number of hydrogen-bond donors (Lipinski definition) is 1. The molecular formula is C28H24N4O3S. The molecule has 0 saturated carbocycles. The summed E-state index contributed by atoms with van der Waals surface area (Å²) in [7, 11) is 0. The van der Waals surface area contributed by atoms with Gasteiger partial charge in [-0.15, -0.1) is 11.3 Å². The number of nitriles is 1. The van der Waals surface area contributed by atoms with Crippen molar-refractivity contribution in [2.45, 2.75) is 20.8 Å². The Labute approximate surface area is 213 Å². The van der Waals surface area contributed by atoms with E-state index in [4.69, 9.17) is 9.84 Å². The Kier molecular flexibility index (Phi) is 7.42. The van der Waals surface area contributed by atoms with Gasteiger partial charge in [0.15, 0.2) is 0 Å². The number of hydrogen-bond acceptors (Lipinski definition) is 6. The molecule has 0 atom stereocenters. The highest BCUT2D eigenvalue weighted by atomic mass is 32.1. The lowest BCUT2D eigenvalue weighted by molar-refractivity contribution is -0.112. The van der Waals surface area contributed by atoms with Crippen LogP contribution in [-0.4, -0.2) is 28.3 Å². The van der Waals surface area contributed by atoms with E-state index < -0.39 is 11.9 Å². The lowest BCUT2D eigenvalue weighted by Gasteiger charge is -2.07. The summed E-state index contributed by atoms with van der Waals surface area (Å²) in [6.07, 6.45) is 3.30. The Morgan fingerprint density at radius 3 is 2.42 bits per heavy atom. The monoisotopic (exact) mass is 496 g/mol. The van der Waals surface area contributed by atoms with E-state index in [9.17, 15) is 14.9 Å². The number of thiophene rings is 1. The molecule has 1 N–H and O–H groups in total. The highest BCUT2D eigenvalue weighted by Crippen LogP contribution is 2.33. The normalized spacial score (nSPS) is 11.1. The van der Waals surface area contributed by atoms with Crippen LogP contribution in [0.15, 0.2) is 72.4 Å². The Balaban J connectivity index is 1.73. The summed E-state index contributed by atoms with van der Waals surface area (Å²) in [6, 6.07) is 21.1. The number of nitrogens with zero attached hydrogens (tertiary/aromatic N) is 3. The zero-order chi connectivity index (χ0) is 25.7. The molecule has 1 amide bonds. The summed E-state index contributed by atoms with van der Waals surface area (Å²) in [6.45, 7) is 5.61. The molecule has 2 heterocycles. The third-order valence-electron chi connectivity index (χ3n) is 5.57. The quantitative estimate of drug-likeness (QED) is 0.194. The van der Waals surface area contributed by atoms with Crippen LogP contribution in [-0.2, 0) is 9.53 Å². The minimum Gasteiger partial charge on any atom is -0.462 e. The number of carbonyl (C=O) groups excluding carboxylic acids is 2. The molecule has 0 saturated heterocycles. The van der Waals surface area contributed by atoms with Crippen LogP contribution in [0.2, 0.25) is 0 Å². The van der Waals surface area contributed by atoms with Gasteiger partial charge < -0.3 is 10.1 Å². The third kappa shape index (κ3) is 5.11. The number of para-hydroxylation sites is 1. The van der Waals surface area contributed by atoms with Gasteiger partial charge >= 0.3 is 5.97 Å². The molecule has 0 radical (unpaired) electrons. The molecule has 7 nitrogen and oxygen atoms in total. The minimum absolute atomic E-state index is 0.113. The second kappa shape index (κ2) is 10.8. The van der Waals surface area contributed by atoms with Crippen LogP contribution in [0.25, 0.3) is 23.0 Å². The largest absolute Gasteiger partial charge is 0.462 e. The number of esters is 1. The average Bonchev–Trinajstić information content (AvgIpc) is 3.44. The van der Waals surface area contributed by atoms with Crippen molar-refractivity contribution in [2.24, 2.45) is 0 Å². The maximum atomic E-state index is 13.2. The molecule has 4 rings (SSSR count). The molecule has 180 valence electrons. The third-order valence-corrected chi connectivity index (χ3v) is 6.69. The van der Waals surface area contributed by atoms with Crippen molar-refractivity contribution < 1.29 is 14.3 Å². The van der Waals surface area contributed by atoms with Gasteiger partial charge in [0.05, 0.1) is 23.6 Å². The lowest BCUT2D eigenvalue weighted by Crippen LogP contribution is -2.16. The highest BCUT2D eigenvalue weighted by molar-refractivity contribution is 7.16. The van der Waals surface area contributed by atoms with Crippen molar-refractivity contribution in [3.8, 4) is 23.0 Å². The van der Waals surface area contributed by atoms with Crippen LogP contribution in [0.4, 0.5) is 5.00 Å². The maximum absolute atomic E-state index is 13.2. The number of benzene rings is 2. The SMILES string of the molecule is CCOC(=O)c1c(NC(=O)C(C#N)=Cc2cn(-c3ccccc3)nc2-c2ccccc2)sc(C)c1C. The molecule has 0 aliphatic carbocycles. The predicted molar refractivity (Wildman–Crippen MR) is 141 cm³/mol. The lowest BCUT2D eigenvalue weighted by atomic mass is 10.1. The van der Waals surface area contributed by atoms with E-state index in [0.29, 0.717) is 21.8 Å². The molecule has 0 unspecified atom stereocenters. The topological polar surface area (TPSA) is 97.0 Å². The molecule has 0 fully saturated rings. The number of aryl methyl sites for hydroxylation is 1. The number of amides is 1. The first kappa shape index (κ1) is 24.6. The summed E-state index contributed by atoms with van der Waals surface area (Å²) in [5.41, 5.74) is 3.89. The summed E-state index contributed by atoms with van der Waals surface area (Å²) < 4.78 is 6.88. The highest BCUT2D eigenvalue weighted by Gasteiger charge is 2.23. The molecule has 0 aliphatic rings. The average molecular weight is 497 g/mol. The first-order valence-electron chi connectivity index (χ1n) is 11.3. The van der Waals surface area contributed by atoms with Gasteiger partial charge in [-0.2, -0.15) is 10.4 Å². The fraction of sp³-hybridized carbons (Fsp3) is 0.143. The van der Waals surface area contributed by atoms with Crippen LogP contribution in [0, 0.1) is 25.2 Å². The second-order valence-corrected chi connectivity index (χ2v) is 9.14. The number of ether oxygens (including phenoxy) is 1. The number of anilines is 1. The molecule has 2 aromatic heterocycles. The Hall–Kier alpha value is -4.48. The van der Waals surface area contributed by atoms with Crippen molar-refractivity contribution in [1.29, 1.82) is 5.26 Å². The number of rotatable bonds is 7. The van der Waals surface area contributed by atoms with Crippen molar-refractivity contribution in [1.82, 2.24) is 9.78 Å². The van der Waals surface area contributed by atoms with E-state index >= 15 is 0 Å². The summed E-state index contributed by atoms with van der Waals surface area (Å²) in [4.78, 5) is 26.5. The van der Waals surface area contributed by atoms with E-state index in [1.807, 2.05) is 73.7 Å². The van der Waals surface area contributed by atoms with Crippen molar-refractivity contribution in [3.05, 3.63) is 94.0 Å². The Morgan fingerprint density at radius 2 is 1.78 bits per heavy atom. The van der Waals surface area contributed by atoms with Crippen LogP contribution < -0.4 is 5.32 Å². The van der Waals surface area contributed by atoms with Crippen LogP contribution in [0.3, 0.4) is 0 Å². The standard InChI is InChI=1S/C28H24N4O3S/c1-4-35-28(34)24-18(2)19(3)36-27(24)30-26(33)21(16-29)15-22-17-32(23-13-9-6-10-14-23)31-25(22)20-11-7-5-8-12-20/h5-15,17H,4H2,1-3H3,(H,30,33). The van der Waals surface area contributed by atoms with Gasteiger partial charge in [0.25, 0.3) is 5.91 Å². The minimum atomic E-state index is -0.615. The zero-order valence-corrected chi connectivity index (χ0v) is 20.9. The van der Waals surface area contributed by atoms with E-state index in [-0.39, 0.29) is 12.2 Å². The van der Waals surface area contributed by atoms with Gasteiger partial charge in [0.1, 0.15) is 16.6 Å². The van der Waals surface area contributed by atoms with Crippen molar-refractivity contribution >= 4 is 34.3 Å². The summed E-state index contributed by atoms with van der Waals surface area (Å²) in [5.74, 6) is -1.12. The van der Waals surface area contributed by atoms with E-state index in [1.54, 1.807) is 24.7 Å². The van der Waals surface area contributed by atoms with Gasteiger partial charge in [-0.3, -0.25) is 4.79 Å². The molecule has 0 spiro atoms. The van der Waals surface area contributed by atoms with Crippen LogP contribution in [0.5, 0.6) is 0 Å². The van der Waals surface area contributed by atoms with Gasteiger partial charge in [0.2, 0.25) is 0 Å². The molecule has 0 aliphatic heterocycles. The predicted octanol–water partition coefficient (Wildman–Crippen LogP) is 5.94. The van der Waals surface area contributed by atoms with Gasteiger partial charge in [-0.05, 0) is 44.5 Å². The van der Waals surface area contributed by atoms with Crippen molar-refractivity contribution in [3.63, 3.8) is 0 Å². The Bertz CT molecular complexity index is 1480. The smallest absolute Gasteiger partial charge is 0.341 e. The van der Waals surface area contributed by atoms with E-state index in [0.717, 1.165) is 21.7 Å². The molecule has 2 aromatic carbocycles. The molecule has 0 bridgehead atoms. The number of nitrogens with one attached hydrogen (secondary N) is 1. The number of carbonyl (C=O) groups is 2. The second-order valence-electron chi connectivity index (χ2n) is 7.91. The molecular weight excluding hydrogens is 472 g/mol. The van der Waals surface area contributed by atoms with Crippen LogP contribution in [0.1, 0.15) is 33.3 Å². The Morgan fingerprint density at radius 1 is 1.11 bits per heavy atom. The summed E-state index contributed by atoms with van der Waals surface area (Å²) in [5, 5.41) is 17.7. The van der Waals surface area contributed by atoms with Crippen LogP contribution >= 0.6 is 11.3 Å². The molecule has 36 heavy (non-hydrogen) atoms. The van der Waals surface area contributed by atoms with E-state index in [2.05, 4.69) is 5.32 Å². The first-order chi connectivity index (χ1) is 17.4. The fourth-order valence-corrected chi connectivity index (χ4v) is 4.71. The van der Waals surface area contributed by atoms with Gasteiger partial charge in [-0.25, -0.2) is 9.48 Å². The molecule has 4 aromatic rings. The maximum Gasteiger partial charge on any atom is 0.341 e. The van der Waals surface area contributed by atoms with Crippen molar-refractivity contribution in [2.75, 3.05) is 11.9 Å². The number of aromatic nitrogens is 2.